The van der Waals surface area contributed by atoms with Gasteiger partial charge in [0, 0.05) is 24.5 Å². The van der Waals surface area contributed by atoms with Crippen LogP contribution in [0.1, 0.15) is 18.9 Å². The van der Waals surface area contributed by atoms with Gasteiger partial charge in [-0.2, -0.15) is 0 Å². The normalized spacial score (nSPS) is 11.4. The standard InChI is InChI=1S/C22H21N3O2/c1-4-13-25-20(15-11-9-14(2)10-12-15)23-21-18(22(25)27)19(26)16-7-5-6-8-17(16)24(21)3/h5-12H,4,13H2,1-3H3. The van der Waals surface area contributed by atoms with Crippen LogP contribution < -0.4 is 11.0 Å². The van der Waals surface area contributed by atoms with Gasteiger partial charge < -0.3 is 4.57 Å². The third kappa shape index (κ3) is 2.67. The van der Waals surface area contributed by atoms with Gasteiger partial charge >= 0.3 is 0 Å². The molecule has 2 heterocycles. The molecule has 0 spiro atoms. The van der Waals surface area contributed by atoms with Gasteiger partial charge in [0.1, 0.15) is 11.2 Å². The molecule has 5 nitrogen and oxygen atoms in total. The third-order valence-electron chi connectivity index (χ3n) is 4.96. The Morgan fingerprint density at radius 3 is 2.41 bits per heavy atom. The van der Waals surface area contributed by atoms with Crippen molar-refractivity contribution in [2.75, 3.05) is 0 Å². The summed E-state index contributed by atoms with van der Waals surface area (Å²) in [6.07, 6.45) is 0.778. The van der Waals surface area contributed by atoms with Gasteiger partial charge in [-0.15, -0.1) is 0 Å². The fourth-order valence-corrected chi connectivity index (χ4v) is 3.55. The van der Waals surface area contributed by atoms with E-state index < -0.39 is 0 Å². The molecule has 0 N–H and O–H groups in total. The molecule has 27 heavy (non-hydrogen) atoms. The molecule has 0 atom stereocenters. The first kappa shape index (κ1) is 17.2. The van der Waals surface area contributed by atoms with Gasteiger partial charge in [-0.05, 0) is 25.5 Å². The highest BCUT2D eigenvalue weighted by molar-refractivity contribution is 5.91. The molecule has 0 saturated heterocycles. The van der Waals surface area contributed by atoms with Gasteiger partial charge in [-0.25, -0.2) is 4.98 Å². The second kappa shape index (κ2) is 6.50. The molecule has 2 aromatic carbocycles. The molecule has 4 rings (SSSR count). The van der Waals surface area contributed by atoms with Crippen molar-refractivity contribution in [3.63, 3.8) is 0 Å². The maximum atomic E-state index is 13.3. The Labute approximate surface area is 156 Å². The zero-order valence-electron chi connectivity index (χ0n) is 15.7. The summed E-state index contributed by atoms with van der Waals surface area (Å²) < 4.78 is 3.46. The topological polar surface area (TPSA) is 56.9 Å². The Hall–Kier alpha value is -3.21. The van der Waals surface area contributed by atoms with Crippen molar-refractivity contribution in [1.82, 2.24) is 14.1 Å². The summed E-state index contributed by atoms with van der Waals surface area (Å²) in [7, 11) is 1.85. The van der Waals surface area contributed by atoms with Crippen molar-refractivity contribution in [1.29, 1.82) is 0 Å². The van der Waals surface area contributed by atoms with Crippen LogP contribution in [0.25, 0.3) is 33.3 Å². The van der Waals surface area contributed by atoms with E-state index in [0.717, 1.165) is 23.1 Å². The molecular weight excluding hydrogens is 338 g/mol. The van der Waals surface area contributed by atoms with Crippen molar-refractivity contribution in [2.45, 2.75) is 26.8 Å². The lowest BCUT2D eigenvalue weighted by Gasteiger charge is -2.15. The van der Waals surface area contributed by atoms with Crippen molar-refractivity contribution in [3.8, 4) is 11.4 Å². The van der Waals surface area contributed by atoms with Crippen molar-refractivity contribution in [2.24, 2.45) is 7.05 Å². The van der Waals surface area contributed by atoms with E-state index in [-0.39, 0.29) is 16.4 Å². The molecule has 0 fully saturated rings. The highest BCUT2D eigenvalue weighted by Crippen LogP contribution is 2.21. The van der Waals surface area contributed by atoms with Crippen molar-refractivity contribution < 1.29 is 0 Å². The van der Waals surface area contributed by atoms with Crippen LogP contribution in [-0.4, -0.2) is 14.1 Å². The highest BCUT2D eigenvalue weighted by atomic mass is 16.1. The molecule has 0 aliphatic heterocycles. The Kier molecular flexibility index (Phi) is 4.15. The first-order valence-corrected chi connectivity index (χ1v) is 9.12. The van der Waals surface area contributed by atoms with E-state index >= 15 is 0 Å². The zero-order chi connectivity index (χ0) is 19.1. The number of hydrogen-bond acceptors (Lipinski definition) is 3. The number of fused-ring (bicyclic) bond motifs is 2. The molecule has 0 aliphatic carbocycles. The molecular formula is C22H21N3O2. The summed E-state index contributed by atoms with van der Waals surface area (Å²) in [6, 6.07) is 15.3. The lowest BCUT2D eigenvalue weighted by Crippen LogP contribution is -2.29. The largest absolute Gasteiger partial charge is 0.328 e. The van der Waals surface area contributed by atoms with Crippen LogP contribution in [0.2, 0.25) is 0 Å². The Balaban J connectivity index is 2.19. The van der Waals surface area contributed by atoms with Crippen LogP contribution in [0, 0.1) is 6.92 Å². The summed E-state index contributed by atoms with van der Waals surface area (Å²) >= 11 is 0. The van der Waals surface area contributed by atoms with Crippen molar-refractivity contribution in [3.05, 3.63) is 74.7 Å². The SMILES string of the molecule is CCCn1c(-c2ccc(C)cc2)nc2c(c(=O)c3ccccc3n2C)c1=O. The Morgan fingerprint density at radius 1 is 1.00 bits per heavy atom. The number of para-hydroxylation sites is 1. The zero-order valence-corrected chi connectivity index (χ0v) is 15.7. The van der Waals surface area contributed by atoms with Gasteiger partial charge in [0.2, 0.25) is 5.43 Å². The Morgan fingerprint density at radius 2 is 1.70 bits per heavy atom. The molecule has 0 saturated carbocycles. The van der Waals surface area contributed by atoms with E-state index in [1.54, 1.807) is 10.6 Å². The van der Waals surface area contributed by atoms with Gasteiger partial charge in [-0.1, -0.05) is 48.9 Å². The fourth-order valence-electron chi connectivity index (χ4n) is 3.55. The summed E-state index contributed by atoms with van der Waals surface area (Å²) in [5.74, 6) is 0.597. The van der Waals surface area contributed by atoms with E-state index in [1.165, 1.54) is 0 Å². The number of aromatic nitrogens is 3. The quantitative estimate of drug-likeness (QED) is 0.525. The number of nitrogens with zero attached hydrogens (tertiary/aromatic N) is 3. The minimum absolute atomic E-state index is 0.153. The summed E-state index contributed by atoms with van der Waals surface area (Å²) in [6.45, 7) is 4.54. The summed E-state index contributed by atoms with van der Waals surface area (Å²) in [5, 5.41) is 0.693. The lowest BCUT2D eigenvalue weighted by atomic mass is 10.1. The minimum Gasteiger partial charge on any atom is -0.328 e. The van der Waals surface area contributed by atoms with Gasteiger partial charge in [0.25, 0.3) is 5.56 Å². The number of rotatable bonds is 3. The van der Waals surface area contributed by atoms with E-state index in [1.807, 2.05) is 67.9 Å². The molecule has 136 valence electrons. The van der Waals surface area contributed by atoms with Crippen LogP contribution in [-0.2, 0) is 13.6 Å². The predicted molar refractivity (Wildman–Crippen MR) is 109 cm³/mol. The molecule has 0 radical (unpaired) electrons. The van der Waals surface area contributed by atoms with Gasteiger partial charge in [-0.3, -0.25) is 14.2 Å². The number of pyridine rings is 1. The first-order chi connectivity index (χ1) is 13.0. The molecule has 0 bridgehead atoms. The van der Waals surface area contributed by atoms with Crippen LogP contribution in [0.5, 0.6) is 0 Å². The number of benzene rings is 2. The van der Waals surface area contributed by atoms with E-state index in [9.17, 15) is 9.59 Å². The first-order valence-electron chi connectivity index (χ1n) is 9.12. The Bertz CT molecular complexity index is 1280. The van der Waals surface area contributed by atoms with Crippen LogP contribution >= 0.6 is 0 Å². The smallest absolute Gasteiger partial charge is 0.267 e. The fraction of sp³-hybridized carbons (Fsp3) is 0.227. The van der Waals surface area contributed by atoms with Crippen LogP contribution in [0.4, 0.5) is 0 Å². The monoisotopic (exact) mass is 359 g/mol. The van der Waals surface area contributed by atoms with E-state index in [0.29, 0.717) is 23.4 Å². The van der Waals surface area contributed by atoms with E-state index in [2.05, 4.69) is 0 Å². The third-order valence-corrected chi connectivity index (χ3v) is 4.96. The van der Waals surface area contributed by atoms with Gasteiger partial charge in [0.15, 0.2) is 5.65 Å². The average molecular weight is 359 g/mol. The molecule has 0 unspecified atom stereocenters. The maximum Gasteiger partial charge on any atom is 0.267 e. The summed E-state index contributed by atoms with van der Waals surface area (Å²) in [4.78, 5) is 31.1. The maximum absolute atomic E-state index is 13.3. The second-order valence-electron chi connectivity index (χ2n) is 6.86. The molecule has 2 aromatic heterocycles. The minimum atomic E-state index is -0.274. The number of aryl methyl sites for hydroxylation is 2. The second-order valence-corrected chi connectivity index (χ2v) is 6.86. The van der Waals surface area contributed by atoms with Gasteiger partial charge in [0.05, 0.1) is 5.52 Å². The predicted octanol–water partition coefficient (Wildman–Crippen LogP) is 3.63. The molecule has 0 amide bonds. The van der Waals surface area contributed by atoms with Crippen LogP contribution in [0.15, 0.2) is 58.1 Å². The number of hydrogen-bond donors (Lipinski definition) is 0. The van der Waals surface area contributed by atoms with E-state index in [4.69, 9.17) is 4.98 Å². The molecule has 0 aliphatic rings. The molecule has 5 heteroatoms. The average Bonchev–Trinajstić information content (AvgIpc) is 2.68. The van der Waals surface area contributed by atoms with Crippen molar-refractivity contribution >= 4 is 21.9 Å². The van der Waals surface area contributed by atoms with Crippen LogP contribution in [0.3, 0.4) is 0 Å². The lowest BCUT2D eigenvalue weighted by molar-refractivity contribution is 0.654. The summed E-state index contributed by atoms with van der Waals surface area (Å²) in [5.41, 5.74) is 2.67. The molecule has 4 aromatic rings. The highest BCUT2D eigenvalue weighted by Gasteiger charge is 2.18.